The summed E-state index contributed by atoms with van der Waals surface area (Å²) in [5.41, 5.74) is -1.03. The van der Waals surface area contributed by atoms with E-state index in [1.165, 1.54) is 0 Å². The molecule has 0 aromatic rings. The van der Waals surface area contributed by atoms with Gasteiger partial charge in [0.25, 0.3) is 0 Å². The highest BCUT2D eigenvalue weighted by Gasteiger charge is 2.53. The van der Waals surface area contributed by atoms with Crippen molar-refractivity contribution < 1.29 is 14.3 Å². The van der Waals surface area contributed by atoms with Crippen LogP contribution in [-0.2, 0) is 14.3 Å². The predicted molar refractivity (Wildman–Crippen MR) is 69.6 cm³/mol. The number of ketones is 1. The second kappa shape index (κ2) is 4.58. The molecule has 0 saturated carbocycles. The lowest BCUT2D eigenvalue weighted by Crippen LogP contribution is -2.43. The van der Waals surface area contributed by atoms with Gasteiger partial charge < -0.3 is 14.4 Å². The Kier molecular flexibility index (Phi) is 3.56. The second-order valence-electron chi connectivity index (χ2n) is 6.59. The zero-order chi connectivity index (χ0) is 13.6. The standard InChI is InChI=1S/C14H25NO3/c1-13(2)11(12(16)14(3,4)18-13)8-15(5)10-6-7-17-9-10/h10-11H,6-9H2,1-5H3. The molecule has 4 nitrogen and oxygen atoms in total. The molecule has 0 radical (unpaired) electrons. The van der Waals surface area contributed by atoms with E-state index in [0.717, 1.165) is 26.2 Å². The number of carbonyl (C=O) groups is 1. The normalized spacial score (nSPS) is 34.4. The molecule has 0 N–H and O–H groups in total. The molecule has 2 rings (SSSR count). The number of Topliss-reactive ketones (excluding diaryl/α,β-unsaturated/α-hetero) is 1. The quantitative estimate of drug-likeness (QED) is 0.765. The van der Waals surface area contributed by atoms with Gasteiger partial charge in [-0.3, -0.25) is 4.79 Å². The Labute approximate surface area is 110 Å². The van der Waals surface area contributed by atoms with Gasteiger partial charge in [-0.05, 0) is 41.2 Å². The summed E-state index contributed by atoms with van der Waals surface area (Å²) in [5.74, 6) is 0.163. The number of likely N-dealkylation sites (N-methyl/N-ethyl adjacent to an activating group) is 1. The number of ether oxygens (including phenoxy) is 2. The molecule has 18 heavy (non-hydrogen) atoms. The summed E-state index contributed by atoms with van der Waals surface area (Å²) in [5, 5.41) is 0. The van der Waals surface area contributed by atoms with E-state index in [9.17, 15) is 4.79 Å². The average molecular weight is 255 g/mol. The average Bonchev–Trinajstić information content (AvgIpc) is 2.79. The highest BCUT2D eigenvalue weighted by molar-refractivity contribution is 5.91. The van der Waals surface area contributed by atoms with E-state index in [4.69, 9.17) is 9.47 Å². The van der Waals surface area contributed by atoms with Gasteiger partial charge in [0, 0.05) is 19.2 Å². The van der Waals surface area contributed by atoms with Crippen LogP contribution in [0.15, 0.2) is 0 Å². The zero-order valence-corrected chi connectivity index (χ0v) is 12.2. The maximum atomic E-state index is 12.4. The van der Waals surface area contributed by atoms with Crippen LogP contribution < -0.4 is 0 Å². The molecule has 0 amide bonds. The third-order valence-corrected chi connectivity index (χ3v) is 4.27. The van der Waals surface area contributed by atoms with Gasteiger partial charge in [0.2, 0.25) is 0 Å². The summed E-state index contributed by atoms with van der Waals surface area (Å²) < 4.78 is 11.3. The van der Waals surface area contributed by atoms with Crippen LogP contribution in [0.1, 0.15) is 34.1 Å². The van der Waals surface area contributed by atoms with Crippen molar-refractivity contribution in [3.8, 4) is 0 Å². The summed E-state index contributed by atoms with van der Waals surface area (Å²) in [6, 6.07) is 0.442. The second-order valence-corrected chi connectivity index (χ2v) is 6.59. The van der Waals surface area contributed by atoms with E-state index in [2.05, 4.69) is 11.9 Å². The first-order valence-corrected chi connectivity index (χ1v) is 6.76. The topological polar surface area (TPSA) is 38.8 Å². The maximum absolute atomic E-state index is 12.4. The third-order valence-electron chi connectivity index (χ3n) is 4.27. The maximum Gasteiger partial charge on any atom is 0.171 e. The van der Waals surface area contributed by atoms with Gasteiger partial charge in [0.05, 0.1) is 18.1 Å². The lowest BCUT2D eigenvalue weighted by atomic mass is 9.85. The van der Waals surface area contributed by atoms with E-state index in [1.54, 1.807) is 0 Å². The molecule has 0 bridgehead atoms. The summed E-state index contributed by atoms with van der Waals surface area (Å²) in [7, 11) is 2.08. The molecule has 2 aliphatic rings. The SMILES string of the molecule is CN(CC1C(=O)C(C)(C)OC1(C)C)C1CCOC1. The molecule has 2 aliphatic heterocycles. The van der Waals surface area contributed by atoms with Gasteiger partial charge in [0.1, 0.15) is 5.60 Å². The van der Waals surface area contributed by atoms with Gasteiger partial charge in [-0.25, -0.2) is 0 Å². The van der Waals surface area contributed by atoms with Gasteiger partial charge >= 0.3 is 0 Å². The number of rotatable bonds is 3. The molecule has 2 heterocycles. The van der Waals surface area contributed by atoms with E-state index in [0.29, 0.717) is 6.04 Å². The highest BCUT2D eigenvalue weighted by Crippen LogP contribution is 2.39. The van der Waals surface area contributed by atoms with Crippen molar-refractivity contribution in [1.29, 1.82) is 0 Å². The molecule has 0 spiro atoms. The molecule has 2 fully saturated rings. The van der Waals surface area contributed by atoms with Crippen LogP contribution in [0.25, 0.3) is 0 Å². The minimum atomic E-state index is -0.652. The van der Waals surface area contributed by atoms with Crippen LogP contribution in [-0.4, -0.2) is 54.7 Å². The first-order chi connectivity index (χ1) is 8.24. The molecule has 2 atom stereocenters. The molecule has 0 aromatic carbocycles. The summed E-state index contributed by atoms with van der Waals surface area (Å²) in [6.45, 7) is 10.1. The lowest BCUT2D eigenvalue weighted by Gasteiger charge is -2.31. The minimum absolute atomic E-state index is 0.0573. The summed E-state index contributed by atoms with van der Waals surface area (Å²) >= 11 is 0. The highest BCUT2D eigenvalue weighted by atomic mass is 16.5. The first-order valence-electron chi connectivity index (χ1n) is 6.76. The predicted octanol–water partition coefficient (Wildman–Crippen LogP) is 1.48. The van der Waals surface area contributed by atoms with Crippen LogP contribution in [0.2, 0.25) is 0 Å². The third kappa shape index (κ3) is 2.46. The van der Waals surface area contributed by atoms with Crippen molar-refractivity contribution in [3.05, 3.63) is 0 Å². The first kappa shape index (κ1) is 14.0. The molecule has 0 aromatic heterocycles. The van der Waals surface area contributed by atoms with E-state index in [1.807, 2.05) is 27.7 Å². The fourth-order valence-corrected chi connectivity index (χ4v) is 3.12. The Hall–Kier alpha value is -0.450. The fraction of sp³-hybridized carbons (Fsp3) is 0.929. The monoisotopic (exact) mass is 255 g/mol. The van der Waals surface area contributed by atoms with Crippen LogP contribution in [0.4, 0.5) is 0 Å². The van der Waals surface area contributed by atoms with Crippen molar-refractivity contribution in [2.75, 3.05) is 26.8 Å². The zero-order valence-electron chi connectivity index (χ0n) is 12.2. The van der Waals surface area contributed by atoms with Gasteiger partial charge in [0.15, 0.2) is 5.78 Å². The number of carbonyl (C=O) groups excluding carboxylic acids is 1. The largest absolute Gasteiger partial charge is 0.380 e. The van der Waals surface area contributed by atoms with Crippen LogP contribution >= 0.6 is 0 Å². The molecule has 104 valence electrons. The van der Waals surface area contributed by atoms with Crippen LogP contribution in [0, 0.1) is 5.92 Å². The summed E-state index contributed by atoms with van der Waals surface area (Å²) in [4.78, 5) is 14.7. The van der Waals surface area contributed by atoms with Crippen molar-refractivity contribution >= 4 is 5.78 Å². The number of nitrogens with zero attached hydrogens (tertiary/aromatic N) is 1. The van der Waals surface area contributed by atoms with Crippen LogP contribution in [0.3, 0.4) is 0 Å². The fourth-order valence-electron chi connectivity index (χ4n) is 3.12. The molecule has 0 aliphatic carbocycles. The number of hydrogen-bond acceptors (Lipinski definition) is 4. The minimum Gasteiger partial charge on any atom is -0.380 e. The van der Waals surface area contributed by atoms with Crippen molar-refractivity contribution in [2.45, 2.75) is 51.4 Å². The van der Waals surface area contributed by atoms with Gasteiger partial charge in [-0.2, -0.15) is 0 Å². The number of hydrogen-bond donors (Lipinski definition) is 0. The summed E-state index contributed by atoms with van der Waals surface area (Å²) in [6.07, 6.45) is 1.06. The van der Waals surface area contributed by atoms with Crippen molar-refractivity contribution in [2.24, 2.45) is 5.92 Å². The molecule has 2 saturated heterocycles. The molecule has 2 unspecified atom stereocenters. The lowest BCUT2D eigenvalue weighted by molar-refractivity contribution is -0.132. The van der Waals surface area contributed by atoms with Crippen molar-refractivity contribution in [3.63, 3.8) is 0 Å². The molecular formula is C14H25NO3. The Balaban J connectivity index is 2.05. The van der Waals surface area contributed by atoms with Crippen LogP contribution in [0.5, 0.6) is 0 Å². The Morgan fingerprint density at radius 3 is 2.44 bits per heavy atom. The molecular weight excluding hydrogens is 230 g/mol. The smallest absolute Gasteiger partial charge is 0.171 e. The Bertz CT molecular complexity index is 332. The van der Waals surface area contributed by atoms with Gasteiger partial charge in [-0.1, -0.05) is 0 Å². The van der Waals surface area contributed by atoms with Gasteiger partial charge in [-0.15, -0.1) is 0 Å². The van der Waals surface area contributed by atoms with E-state index in [-0.39, 0.29) is 17.3 Å². The molecule has 4 heteroatoms. The van der Waals surface area contributed by atoms with E-state index < -0.39 is 5.60 Å². The Morgan fingerprint density at radius 2 is 2.00 bits per heavy atom. The van der Waals surface area contributed by atoms with E-state index >= 15 is 0 Å². The van der Waals surface area contributed by atoms with Crippen molar-refractivity contribution in [1.82, 2.24) is 4.90 Å². The Morgan fingerprint density at radius 1 is 1.33 bits per heavy atom.